The fraction of sp³-hybridized carbons (Fsp3) is 0.500. The van der Waals surface area contributed by atoms with Crippen molar-refractivity contribution < 1.29 is 28.6 Å². The molecule has 0 amide bonds. The fourth-order valence-corrected chi connectivity index (χ4v) is 4.41. The molecule has 0 fully saturated rings. The summed E-state index contributed by atoms with van der Waals surface area (Å²) < 4.78 is 16.2. The summed E-state index contributed by atoms with van der Waals surface area (Å²) in [6, 6.07) is 13.1. The van der Waals surface area contributed by atoms with Gasteiger partial charge in [0.2, 0.25) is 11.6 Å². The summed E-state index contributed by atoms with van der Waals surface area (Å²) >= 11 is 0. The number of aromatic nitrogens is 2. The molecule has 216 valence electrons. The van der Waals surface area contributed by atoms with Crippen molar-refractivity contribution in [3.63, 3.8) is 0 Å². The Kier molecular flexibility index (Phi) is 13.2. The van der Waals surface area contributed by atoms with E-state index >= 15 is 0 Å². The summed E-state index contributed by atoms with van der Waals surface area (Å²) in [6.07, 6.45) is 14.1. The fourth-order valence-electron chi connectivity index (χ4n) is 4.41. The lowest BCUT2D eigenvalue weighted by atomic mass is 10.0. The molecule has 0 aliphatic heterocycles. The molecule has 0 N–H and O–H groups in total. The summed E-state index contributed by atoms with van der Waals surface area (Å²) in [5.41, 5.74) is -0.279. The van der Waals surface area contributed by atoms with Crippen molar-refractivity contribution in [1.29, 1.82) is 0 Å². The highest BCUT2D eigenvalue weighted by atomic mass is 16.8. The lowest BCUT2D eigenvalue weighted by Crippen LogP contribution is -2.32. The van der Waals surface area contributed by atoms with Crippen LogP contribution in [0.4, 0.5) is 0 Å². The second-order valence-corrected chi connectivity index (χ2v) is 10.1. The number of carbonyl (C=O) groups excluding carboxylic acids is 2. The smallest absolute Gasteiger partial charge is 0.300 e. The molecule has 1 aromatic heterocycles. The van der Waals surface area contributed by atoms with Crippen LogP contribution in [0, 0.1) is 5.21 Å². The standard InChI is InChI=1S/C32H42N2O6/c1-3-5-7-9-11-13-23-38-27-19-15-25(16-20-27)31(35)29-30(34(37)40-33-29)32(36)26-17-21-28(22-18-26)39-24-14-12-10-8-6-4-2/h15-22H,3-14,23-24H2,1-2H3. The van der Waals surface area contributed by atoms with Crippen molar-refractivity contribution >= 4 is 11.6 Å². The number of rotatable bonds is 20. The Bertz CT molecular complexity index is 1170. The monoisotopic (exact) mass is 550 g/mol. The molecule has 40 heavy (non-hydrogen) atoms. The Hall–Kier alpha value is -3.68. The summed E-state index contributed by atoms with van der Waals surface area (Å²) in [4.78, 5) is 26.2. The van der Waals surface area contributed by atoms with Crippen LogP contribution in [0.3, 0.4) is 0 Å². The number of carbonyl (C=O) groups is 2. The van der Waals surface area contributed by atoms with Crippen LogP contribution in [0.1, 0.15) is 123 Å². The van der Waals surface area contributed by atoms with Gasteiger partial charge in [-0.3, -0.25) is 14.2 Å². The Balaban J connectivity index is 1.54. The van der Waals surface area contributed by atoms with Gasteiger partial charge in [-0.2, -0.15) is 0 Å². The first kappa shape index (κ1) is 30.9. The minimum absolute atomic E-state index is 0.0174. The normalized spacial score (nSPS) is 10.9. The molecule has 0 atom stereocenters. The first-order chi connectivity index (χ1) is 19.5. The number of ketones is 2. The third-order valence-electron chi connectivity index (χ3n) is 6.81. The second kappa shape index (κ2) is 17.1. The minimum atomic E-state index is -0.652. The Morgan fingerprint density at radius 3 is 1.57 bits per heavy atom. The van der Waals surface area contributed by atoms with Crippen LogP contribution in [0.2, 0.25) is 0 Å². The SMILES string of the molecule is CCCCCCCCOc1ccc(C(=O)c2no[n+]([O-])c2C(=O)c2ccc(OCCCCCCCC)cc2)cc1. The lowest BCUT2D eigenvalue weighted by molar-refractivity contribution is -0.803. The maximum Gasteiger partial charge on any atom is 0.300 e. The lowest BCUT2D eigenvalue weighted by Gasteiger charge is -2.07. The van der Waals surface area contributed by atoms with E-state index in [0.717, 1.165) is 25.7 Å². The van der Waals surface area contributed by atoms with E-state index < -0.39 is 17.3 Å². The highest BCUT2D eigenvalue weighted by molar-refractivity contribution is 6.17. The number of unbranched alkanes of at least 4 members (excludes halogenated alkanes) is 10. The van der Waals surface area contributed by atoms with Gasteiger partial charge in [0.05, 0.1) is 18.4 Å². The predicted octanol–water partition coefficient (Wildman–Crippen LogP) is 7.25. The van der Waals surface area contributed by atoms with Gasteiger partial charge in [-0.15, -0.1) is 0 Å². The van der Waals surface area contributed by atoms with Gasteiger partial charge in [0.15, 0.2) is 0 Å². The molecule has 1 heterocycles. The van der Waals surface area contributed by atoms with E-state index in [4.69, 9.17) is 9.47 Å². The summed E-state index contributed by atoms with van der Waals surface area (Å²) in [6.45, 7) is 5.61. The maximum absolute atomic E-state index is 13.1. The third-order valence-corrected chi connectivity index (χ3v) is 6.81. The number of ether oxygens (including phenoxy) is 2. The van der Waals surface area contributed by atoms with E-state index in [2.05, 4.69) is 23.6 Å². The molecule has 0 spiro atoms. The molecule has 0 bridgehead atoms. The van der Waals surface area contributed by atoms with Gasteiger partial charge in [0.1, 0.15) is 11.5 Å². The van der Waals surface area contributed by atoms with Crippen molar-refractivity contribution in [3.05, 3.63) is 76.3 Å². The van der Waals surface area contributed by atoms with Crippen molar-refractivity contribution in [2.45, 2.75) is 90.9 Å². The predicted molar refractivity (Wildman–Crippen MR) is 153 cm³/mol. The van der Waals surface area contributed by atoms with Crippen LogP contribution in [0.25, 0.3) is 0 Å². The first-order valence-corrected chi connectivity index (χ1v) is 14.7. The van der Waals surface area contributed by atoms with Crippen molar-refractivity contribution in [1.82, 2.24) is 5.16 Å². The van der Waals surface area contributed by atoms with Gasteiger partial charge in [0, 0.05) is 11.1 Å². The zero-order chi connectivity index (χ0) is 28.6. The molecule has 8 heteroatoms. The van der Waals surface area contributed by atoms with E-state index in [1.807, 2.05) is 0 Å². The summed E-state index contributed by atoms with van der Waals surface area (Å²) in [5.74, 6) is 0.0591. The minimum Gasteiger partial charge on any atom is -0.494 e. The van der Waals surface area contributed by atoms with Gasteiger partial charge < -0.3 is 14.7 Å². The average molecular weight is 551 g/mol. The molecule has 0 saturated heterocycles. The quantitative estimate of drug-likeness (QED) is 0.0828. The van der Waals surface area contributed by atoms with E-state index in [9.17, 15) is 14.8 Å². The molecule has 0 saturated carbocycles. The summed E-state index contributed by atoms with van der Waals surface area (Å²) in [7, 11) is 0. The van der Waals surface area contributed by atoms with Crippen LogP contribution in [-0.4, -0.2) is 29.9 Å². The van der Waals surface area contributed by atoms with Gasteiger partial charge >= 0.3 is 0 Å². The molecule has 0 aliphatic carbocycles. The van der Waals surface area contributed by atoms with Crippen LogP contribution in [-0.2, 0) is 0 Å². The zero-order valence-electron chi connectivity index (χ0n) is 23.9. The third kappa shape index (κ3) is 9.50. The number of hydrogen-bond donors (Lipinski definition) is 0. The molecular formula is C32H42N2O6. The van der Waals surface area contributed by atoms with Crippen LogP contribution in [0.15, 0.2) is 53.2 Å². The zero-order valence-corrected chi connectivity index (χ0v) is 23.9. The van der Waals surface area contributed by atoms with Crippen LogP contribution < -0.4 is 14.4 Å². The molecule has 0 radical (unpaired) electrons. The van der Waals surface area contributed by atoms with Crippen LogP contribution in [0.5, 0.6) is 11.5 Å². The number of nitrogens with zero attached hydrogens (tertiary/aromatic N) is 2. The van der Waals surface area contributed by atoms with Gasteiger partial charge in [-0.05, 0) is 66.3 Å². The van der Waals surface area contributed by atoms with E-state index in [0.29, 0.717) is 24.7 Å². The largest absolute Gasteiger partial charge is 0.494 e. The van der Waals surface area contributed by atoms with Gasteiger partial charge in [-0.25, -0.2) is 0 Å². The number of benzene rings is 2. The molecule has 0 unspecified atom stereocenters. The summed E-state index contributed by atoms with van der Waals surface area (Å²) in [5, 5.41) is 15.9. The molecule has 2 aromatic carbocycles. The molecule has 3 rings (SSSR count). The van der Waals surface area contributed by atoms with Crippen molar-refractivity contribution in [2.24, 2.45) is 0 Å². The van der Waals surface area contributed by atoms with Crippen LogP contribution >= 0.6 is 0 Å². The Morgan fingerprint density at radius 2 is 1.10 bits per heavy atom. The van der Waals surface area contributed by atoms with E-state index in [1.165, 1.54) is 51.4 Å². The molecular weight excluding hydrogens is 508 g/mol. The molecule has 8 nitrogen and oxygen atoms in total. The first-order valence-electron chi connectivity index (χ1n) is 14.7. The Labute approximate surface area is 237 Å². The molecule has 0 aliphatic rings. The van der Waals surface area contributed by atoms with E-state index in [1.54, 1.807) is 48.5 Å². The van der Waals surface area contributed by atoms with E-state index in [-0.39, 0.29) is 21.7 Å². The van der Waals surface area contributed by atoms with Crippen molar-refractivity contribution in [3.8, 4) is 11.5 Å². The highest BCUT2D eigenvalue weighted by Gasteiger charge is 2.33. The van der Waals surface area contributed by atoms with Crippen molar-refractivity contribution in [2.75, 3.05) is 13.2 Å². The Morgan fingerprint density at radius 1 is 0.675 bits per heavy atom. The highest BCUT2D eigenvalue weighted by Crippen LogP contribution is 2.20. The van der Waals surface area contributed by atoms with Gasteiger partial charge in [0.25, 0.3) is 11.4 Å². The maximum atomic E-state index is 13.1. The average Bonchev–Trinajstić information content (AvgIpc) is 3.37. The van der Waals surface area contributed by atoms with Gasteiger partial charge in [-0.1, -0.05) is 78.1 Å². The topological polar surface area (TPSA) is 106 Å². The second-order valence-electron chi connectivity index (χ2n) is 10.1. The number of hydrogen-bond acceptors (Lipinski definition) is 7. The molecule has 3 aromatic rings.